The Balaban J connectivity index is 1.66. The number of anilines is 1. The van der Waals surface area contributed by atoms with E-state index in [4.69, 9.17) is 0 Å². The fraction of sp³-hybridized carbons (Fsp3) is 0.250. The van der Waals surface area contributed by atoms with E-state index < -0.39 is 0 Å². The number of aromatic amines is 1. The van der Waals surface area contributed by atoms with E-state index in [0.29, 0.717) is 0 Å². The summed E-state index contributed by atoms with van der Waals surface area (Å²) in [6.45, 7) is 3.19. The van der Waals surface area contributed by atoms with Gasteiger partial charge in [-0.2, -0.15) is 0 Å². The van der Waals surface area contributed by atoms with Crippen LogP contribution < -0.4 is 5.32 Å². The Morgan fingerprint density at radius 1 is 1.04 bits per heavy atom. The smallest absolute Gasteiger partial charge is 0.256 e. The van der Waals surface area contributed by atoms with Gasteiger partial charge in [0.2, 0.25) is 0 Å². The van der Waals surface area contributed by atoms with E-state index in [1.807, 2.05) is 54.7 Å². The van der Waals surface area contributed by atoms with Gasteiger partial charge >= 0.3 is 0 Å². The minimum Gasteiger partial charge on any atom is -0.361 e. The molecule has 0 saturated carbocycles. The third-order valence-corrected chi connectivity index (χ3v) is 4.66. The maximum atomic E-state index is 12.8. The van der Waals surface area contributed by atoms with Gasteiger partial charge in [-0.05, 0) is 55.8 Å². The van der Waals surface area contributed by atoms with Crippen molar-refractivity contribution in [3.63, 3.8) is 0 Å². The molecule has 1 aromatic heterocycles. The highest BCUT2D eigenvalue weighted by Crippen LogP contribution is 2.26. The van der Waals surface area contributed by atoms with Crippen molar-refractivity contribution in [3.05, 3.63) is 65.9 Å². The van der Waals surface area contributed by atoms with Crippen LogP contribution in [-0.2, 0) is 6.54 Å². The van der Waals surface area contributed by atoms with Crippen LogP contribution in [0.15, 0.2) is 54.7 Å². The molecule has 1 aliphatic rings. The zero-order valence-corrected chi connectivity index (χ0v) is 13.6. The number of carbonyl (C=O) groups is 1. The summed E-state index contributed by atoms with van der Waals surface area (Å²) in [6, 6.07) is 15.5. The summed E-state index contributed by atoms with van der Waals surface area (Å²) < 4.78 is 0. The molecular formula is C20H21N3O. The van der Waals surface area contributed by atoms with Crippen LogP contribution in [0.4, 0.5) is 5.69 Å². The van der Waals surface area contributed by atoms with Gasteiger partial charge < -0.3 is 10.3 Å². The Bertz CT molecular complexity index is 848. The predicted octanol–water partition coefficient (Wildman–Crippen LogP) is 4.02. The summed E-state index contributed by atoms with van der Waals surface area (Å²) in [5.41, 5.74) is 3.76. The third kappa shape index (κ3) is 2.93. The predicted molar refractivity (Wildman–Crippen MR) is 97.2 cm³/mol. The first-order valence-electron chi connectivity index (χ1n) is 8.49. The zero-order chi connectivity index (χ0) is 16.4. The lowest BCUT2D eigenvalue weighted by molar-refractivity contribution is 0.102. The Labute approximate surface area is 141 Å². The average molecular weight is 319 g/mol. The molecule has 1 aliphatic heterocycles. The van der Waals surface area contributed by atoms with Gasteiger partial charge in [0.15, 0.2) is 0 Å². The molecule has 0 aliphatic carbocycles. The normalized spacial score (nSPS) is 15.0. The molecule has 1 amide bonds. The third-order valence-electron chi connectivity index (χ3n) is 4.66. The molecule has 2 heterocycles. The monoisotopic (exact) mass is 319 g/mol. The maximum Gasteiger partial charge on any atom is 0.256 e. The molecule has 0 unspecified atom stereocenters. The minimum atomic E-state index is -0.0610. The van der Waals surface area contributed by atoms with Crippen LogP contribution in [0, 0.1) is 0 Å². The van der Waals surface area contributed by atoms with E-state index in [9.17, 15) is 4.79 Å². The molecule has 0 atom stereocenters. The maximum absolute atomic E-state index is 12.8. The van der Waals surface area contributed by atoms with E-state index in [1.54, 1.807) is 0 Å². The van der Waals surface area contributed by atoms with Crippen LogP contribution >= 0.6 is 0 Å². The number of fused-ring (bicyclic) bond motifs is 1. The highest BCUT2D eigenvalue weighted by molar-refractivity contribution is 6.13. The molecule has 122 valence electrons. The molecule has 0 spiro atoms. The fourth-order valence-electron chi connectivity index (χ4n) is 3.47. The lowest BCUT2D eigenvalue weighted by atomic mass is 10.0. The highest BCUT2D eigenvalue weighted by atomic mass is 16.1. The van der Waals surface area contributed by atoms with Gasteiger partial charge in [-0.15, -0.1) is 0 Å². The summed E-state index contributed by atoms with van der Waals surface area (Å²) in [5, 5.41) is 4.03. The second-order valence-corrected chi connectivity index (χ2v) is 6.35. The van der Waals surface area contributed by atoms with Gasteiger partial charge in [0.25, 0.3) is 5.91 Å². The summed E-state index contributed by atoms with van der Waals surface area (Å²) in [6.07, 6.45) is 4.58. The number of para-hydroxylation sites is 1. The Hall–Kier alpha value is -2.59. The van der Waals surface area contributed by atoms with Crippen molar-refractivity contribution >= 4 is 22.5 Å². The Morgan fingerprint density at radius 2 is 1.83 bits per heavy atom. The molecule has 2 aromatic carbocycles. The number of nitrogens with zero attached hydrogens (tertiary/aromatic N) is 1. The van der Waals surface area contributed by atoms with Crippen molar-refractivity contribution < 1.29 is 4.79 Å². The van der Waals surface area contributed by atoms with Gasteiger partial charge in [0, 0.05) is 34.9 Å². The van der Waals surface area contributed by atoms with Gasteiger partial charge in [-0.3, -0.25) is 9.69 Å². The van der Waals surface area contributed by atoms with E-state index in [-0.39, 0.29) is 5.91 Å². The van der Waals surface area contributed by atoms with Crippen LogP contribution in [0.25, 0.3) is 10.9 Å². The quantitative estimate of drug-likeness (QED) is 0.763. The summed E-state index contributed by atoms with van der Waals surface area (Å²) >= 11 is 0. The average Bonchev–Trinajstić information content (AvgIpc) is 3.26. The first-order chi connectivity index (χ1) is 11.8. The number of rotatable bonds is 4. The minimum absolute atomic E-state index is 0.0610. The molecule has 4 nitrogen and oxygen atoms in total. The number of hydrogen-bond acceptors (Lipinski definition) is 2. The number of aromatic nitrogens is 1. The van der Waals surface area contributed by atoms with Crippen molar-refractivity contribution in [3.8, 4) is 0 Å². The zero-order valence-electron chi connectivity index (χ0n) is 13.6. The van der Waals surface area contributed by atoms with Crippen LogP contribution in [0.5, 0.6) is 0 Å². The molecular weight excluding hydrogens is 298 g/mol. The molecule has 4 heteroatoms. The topological polar surface area (TPSA) is 48.1 Å². The van der Waals surface area contributed by atoms with Crippen molar-refractivity contribution in [2.24, 2.45) is 0 Å². The molecule has 1 saturated heterocycles. The SMILES string of the molecule is O=C(Nc1ccccc1)c1cccc2[nH]cc(CN3CCCC3)c12. The molecule has 0 radical (unpaired) electrons. The molecule has 24 heavy (non-hydrogen) atoms. The van der Waals surface area contributed by atoms with Gasteiger partial charge in [0.05, 0.1) is 0 Å². The van der Waals surface area contributed by atoms with E-state index >= 15 is 0 Å². The highest BCUT2D eigenvalue weighted by Gasteiger charge is 2.18. The van der Waals surface area contributed by atoms with Crippen LogP contribution in [0.2, 0.25) is 0 Å². The largest absolute Gasteiger partial charge is 0.361 e. The summed E-state index contributed by atoms with van der Waals surface area (Å²) in [5.74, 6) is -0.0610. The lowest BCUT2D eigenvalue weighted by Crippen LogP contribution is -2.18. The van der Waals surface area contributed by atoms with E-state index in [0.717, 1.165) is 41.8 Å². The summed E-state index contributed by atoms with van der Waals surface area (Å²) in [4.78, 5) is 18.5. The standard InChI is InChI=1S/C20H21N3O/c24-20(22-16-7-2-1-3-8-16)17-9-6-10-18-19(17)15(13-21-18)14-23-11-4-5-12-23/h1-3,6-10,13,21H,4-5,11-12,14H2,(H,22,24). The molecule has 1 fully saturated rings. The number of benzene rings is 2. The van der Waals surface area contributed by atoms with E-state index in [2.05, 4.69) is 15.2 Å². The Kier molecular flexibility index (Phi) is 4.05. The van der Waals surface area contributed by atoms with Gasteiger partial charge in [-0.25, -0.2) is 0 Å². The van der Waals surface area contributed by atoms with Crippen molar-refractivity contribution in [2.45, 2.75) is 19.4 Å². The Morgan fingerprint density at radius 3 is 2.62 bits per heavy atom. The first kappa shape index (κ1) is 15.0. The van der Waals surface area contributed by atoms with Crippen molar-refractivity contribution in [2.75, 3.05) is 18.4 Å². The second-order valence-electron chi connectivity index (χ2n) is 6.35. The number of likely N-dealkylation sites (tertiary alicyclic amines) is 1. The molecule has 2 N–H and O–H groups in total. The second kappa shape index (κ2) is 6.49. The number of H-pyrrole nitrogens is 1. The number of amides is 1. The van der Waals surface area contributed by atoms with E-state index in [1.165, 1.54) is 18.4 Å². The number of carbonyl (C=O) groups excluding carboxylic acids is 1. The number of nitrogens with one attached hydrogen (secondary N) is 2. The van der Waals surface area contributed by atoms with Crippen molar-refractivity contribution in [1.29, 1.82) is 0 Å². The first-order valence-corrected chi connectivity index (χ1v) is 8.49. The summed E-state index contributed by atoms with van der Waals surface area (Å²) in [7, 11) is 0. The van der Waals surface area contributed by atoms with Gasteiger partial charge in [0.1, 0.15) is 0 Å². The van der Waals surface area contributed by atoms with Crippen LogP contribution in [0.1, 0.15) is 28.8 Å². The van der Waals surface area contributed by atoms with Crippen molar-refractivity contribution in [1.82, 2.24) is 9.88 Å². The molecule has 0 bridgehead atoms. The number of hydrogen-bond donors (Lipinski definition) is 2. The fourth-order valence-corrected chi connectivity index (χ4v) is 3.47. The lowest BCUT2D eigenvalue weighted by Gasteiger charge is -2.14. The van der Waals surface area contributed by atoms with Crippen LogP contribution in [0.3, 0.4) is 0 Å². The molecule has 3 aromatic rings. The molecule has 4 rings (SSSR count). The van der Waals surface area contributed by atoms with Gasteiger partial charge in [-0.1, -0.05) is 24.3 Å². The van der Waals surface area contributed by atoms with Crippen LogP contribution in [-0.4, -0.2) is 28.9 Å².